The van der Waals surface area contributed by atoms with Crippen molar-refractivity contribution in [2.75, 3.05) is 0 Å². The second kappa shape index (κ2) is 3.57. The van der Waals surface area contributed by atoms with Crippen LogP contribution in [0.5, 0.6) is 0 Å². The molecule has 4 amide bonds. The first-order valence-electron chi connectivity index (χ1n) is 5.68. The quantitative estimate of drug-likeness (QED) is 0.676. The van der Waals surface area contributed by atoms with Crippen molar-refractivity contribution in [1.29, 1.82) is 0 Å². The molecule has 2 aliphatic rings. The zero-order valence-electron chi connectivity index (χ0n) is 9.58. The summed E-state index contributed by atoms with van der Waals surface area (Å²) in [4.78, 5) is 36.8. The molecule has 1 saturated heterocycles. The first kappa shape index (κ1) is 11.1. The van der Waals surface area contributed by atoms with Gasteiger partial charge in [-0.3, -0.25) is 19.8 Å². The maximum Gasteiger partial charge on any atom is 0.331 e. The molecule has 1 N–H and O–H groups in total. The number of hydrogen-bond donors (Lipinski definition) is 1. The van der Waals surface area contributed by atoms with Crippen molar-refractivity contribution in [3.05, 3.63) is 0 Å². The number of nitrogens with one attached hydrogen (secondary N) is 1. The third-order valence-electron chi connectivity index (χ3n) is 3.48. The maximum atomic E-state index is 12.3. The van der Waals surface area contributed by atoms with Crippen LogP contribution in [-0.4, -0.2) is 28.8 Å². The molecule has 0 unspecified atom stereocenters. The molecular formula is C11H16N2O3. The van der Waals surface area contributed by atoms with E-state index in [4.69, 9.17) is 0 Å². The highest BCUT2D eigenvalue weighted by molar-refractivity contribution is 6.19. The predicted octanol–water partition coefficient (Wildman–Crippen LogP) is 1.03. The van der Waals surface area contributed by atoms with E-state index >= 15 is 0 Å². The van der Waals surface area contributed by atoms with E-state index < -0.39 is 17.4 Å². The first-order chi connectivity index (χ1) is 7.49. The Hall–Kier alpha value is -1.39. The average molecular weight is 224 g/mol. The molecule has 0 aromatic rings. The monoisotopic (exact) mass is 224 g/mol. The van der Waals surface area contributed by atoms with Gasteiger partial charge in [0.25, 0.3) is 0 Å². The Morgan fingerprint density at radius 2 is 1.75 bits per heavy atom. The second-order valence-electron chi connectivity index (χ2n) is 4.82. The Balaban J connectivity index is 2.37. The van der Waals surface area contributed by atoms with Gasteiger partial charge in [-0.2, -0.15) is 0 Å². The third kappa shape index (κ3) is 1.34. The van der Waals surface area contributed by atoms with E-state index in [1.807, 2.05) is 0 Å². The van der Waals surface area contributed by atoms with E-state index in [9.17, 15) is 14.4 Å². The van der Waals surface area contributed by atoms with E-state index in [1.54, 1.807) is 13.8 Å². The fourth-order valence-electron chi connectivity index (χ4n) is 2.59. The number of carbonyl (C=O) groups excluding carboxylic acids is 3. The molecule has 0 atom stereocenters. The Morgan fingerprint density at radius 1 is 1.19 bits per heavy atom. The van der Waals surface area contributed by atoms with Gasteiger partial charge in [0.05, 0.1) is 0 Å². The molecule has 0 aromatic carbocycles. The lowest BCUT2D eigenvalue weighted by Gasteiger charge is -2.38. The van der Waals surface area contributed by atoms with Crippen LogP contribution in [0.1, 0.15) is 39.5 Å². The Morgan fingerprint density at radius 3 is 2.25 bits per heavy atom. The summed E-state index contributed by atoms with van der Waals surface area (Å²) in [6, 6.07) is -0.791. The minimum Gasteiger partial charge on any atom is -0.277 e. The smallest absolute Gasteiger partial charge is 0.277 e. The lowest BCUT2D eigenvalue weighted by molar-refractivity contribution is -0.152. The molecule has 1 saturated carbocycles. The van der Waals surface area contributed by atoms with Gasteiger partial charge in [0.1, 0.15) is 5.41 Å². The van der Waals surface area contributed by atoms with Crippen LogP contribution in [0.15, 0.2) is 0 Å². The van der Waals surface area contributed by atoms with Crippen LogP contribution in [-0.2, 0) is 9.59 Å². The van der Waals surface area contributed by atoms with Gasteiger partial charge in [-0.15, -0.1) is 0 Å². The summed E-state index contributed by atoms with van der Waals surface area (Å²) in [6.07, 6.45) is 2.88. The van der Waals surface area contributed by atoms with Crippen molar-refractivity contribution in [3.8, 4) is 0 Å². The van der Waals surface area contributed by atoms with E-state index in [0.717, 1.165) is 12.8 Å². The van der Waals surface area contributed by atoms with E-state index in [-0.39, 0.29) is 11.9 Å². The molecule has 2 rings (SSSR count). The van der Waals surface area contributed by atoms with Crippen molar-refractivity contribution >= 4 is 17.8 Å². The Bertz CT molecular complexity index is 356. The number of barbiturate groups is 1. The number of urea groups is 1. The molecule has 88 valence electrons. The second-order valence-corrected chi connectivity index (χ2v) is 4.82. The van der Waals surface area contributed by atoms with Crippen molar-refractivity contribution in [2.45, 2.75) is 45.6 Å². The number of imide groups is 2. The summed E-state index contributed by atoms with van der Waals surface area (Å²) in [5.74, 6) is -0.717. The minimum atomic E-state index is -0.960. The molecular weight excluding hydrogens is 208 g/mol. The van der Waals surface area contributed by atoms with Crippen molar-refractivity contribution in [2.24, 2.45) is 5.41 Å². The lowest BCUT2D eigenvalue weighted by atomic mass is 9.82. The first-order valence-corrected chi connectivity index (χ1v) is 5.68. The van der Waals surface area contributed by atoms with Crippen molar-refractivity contribution < 1.29 is 14.4 Å². The van der Waals surface area contributed by atoms with Crippen molar-refractivity contribution in [1.82, 2.24) is 10.2 Å². The third-order valence-corrected chi connectivity index (χ3v) is 3.48. The number of nitrogens with zero attached hydrogens (tertiary/aromatic N) is 1. The van der Waals surface area contributed by atoms with Crippen LogP contribution >= 0.6 is 0 Å². The molecule has 1 spiro atoms. The maximum absolute atomic E-state index is 12.3. The highest BCUT2D eigenvalue weighted by atomic mass is 16.2. The molecule has 0 radical (unpaired) electrons. The van der Waals surface area contributed by atoms with Gasteiger partial charge in [-0.05, 0) is 26.7 Å². The van der Waals surface area contributed by atoms with Gasteiger partial charge >= 0.3 is 6.03 Å². The molecule has 5 nitrogen and oxygen atoms in total. The van der Waals surface area contributed by atoms with E-state index in [2.05, 4.69) is 5.32 Å². The summed E-state index contributed by atoms with van der Waals surface area (Å²) in [6.45, 7) is 3.55. The summed E-state index contributed by atoms with van der Waals surface area (Å²) >= 11 is 0. The molecule has 0 aromatic heterocycles. The van der Waals surface area contributed by atoms with Gasteiger partial charge in [-0.25, -0.2) is 4.79 Å². The Kier molecular flexibility index (Phi) is 2.48. The highest BCUT2D eigenvalue weighted by Gasteiger charge is 2.55. The van der Waals surface area contributed by atoms with Crippen LogP contribution in [0.4, 0.5) is 4.79 Å². The van der Waals surface area contributed by atoms with Gasteiger partial charge in [0.15, 0.2) is 0 Å². The predicted molar refractivity (Wildman–Crippen MR) is 56.4 cm³/mol. The standard InChI is InChI=1S/C11H16N2O3/c1-7(2)13-9(15)11(5-3-4-6-11)8(14)12-10(13)16/h7H,3-6H2,1-2H3,(H,12,14,16). The van der Waals surface area contributed by atoms with Crippen LogP contribution in [0.25, 0.3) is 0 Å². The minimum absolute atomic E-state index is 0.210. The lowest BCUT2D eigenvalue weighted by Crippen LogP contribution is -2.64. The number of carbonyl (C=O) groups is 3. The van der Waals surface area contributed by atoms with Gasteiger partial charge in [0.2, 0.25) is 11.8 Å². The zero-order chi connectivity index (χ0) is 11.9. The highest BCUT2D eigenvalue weighted by Crippen LogP contribution is 2.42. The molecule has 1 aliphatic carbocycles. The summed E-state index contributed by atoms with van der Waals surface area (Å²) in [7, 11) is 0. The molecule has 1 heterocycles. The van der Waals surface area contributed by atoms with Gasteiger partial charge in [0, 0.05) is 6.04 Å². The number of hydrogen-bond acceptors (Lipinski definition) is 3. The Labute approximate surface area is 94.2 Å². The van der Waals surface area contributed by atoms with Crippen LogP contribution in [0, 0.1) is 5.41 Å². The SMILES string of the molecule is CC(C)N1C(=O)NC(=O)C2(CCCC2)C1=O. The molecule has 5 heteroatoms. The van der Waals surface area contributed by atoms with Crippen molar-refractivity contribution in [3.63, 3.8) is 0 Å². The van der Waals surface area contributed by atoms with Gasteiger partial charge < -0.3 is 0 Å². The number of amides is 4. The summed E-state index contributed by atoms with van der Waals surface area (Å²) < 4.78 is 0. The molecule has 0 bridgehead atoms. The largest absolute Gasteiger partial charge is 0.331 e. The summed E-state index contributed by atoms with van der Waals surface area (Å²) in [5.41, 5.74) is -0.960. The molecule has 1 aliphatic heterocycles. The summed E-state index contributed by atoms with van der Waals surface area (Å²) in [5, 5.41) is 2.30. The van der Waals surface area contributed by atoms with Crippen LogP contribution in [0.2, 0.25) is 0 Å². The van der Waals surface area contributed by atoms with E-state index in [0.29, 0.717) is 12.8 Å². The topological polar surface area (TPSA) is 66.5 Å². The van der Waals surface area contributed by atoms with Crippen LogP contribution in [0.3, 0.4) is 0 Å². The van der Waals surface area contributed by atoms with Crippen LogP contribution < -0.4 is 5.32 Å². The molecule has 2 fully saturated rings. The fraction of sp³-hybridized carbons (Fsp3) is 0.727. The van der Waals surface area contributed by atoms with Gasteiger partial charge in [-0.1, -0.05) is 12.8 Å². The van der Waals surface area contributed by atoms with E-state index in [1.165, 1.54) is 4.90 Å². The normalized spacial score (nSPS) is 24.4. The average Bonchev–Trinajstić information content (AvgIpc) is 2.64. The number of rotatable bonds is 1. The molecule has 16 heavy (non-hydrogen) atoms. The zero-order valence-corrected chi connectivity index (χ0v) is 9.58. The fourth-order valence-corrected chi connectivity index (χ4v) is 2.59.